The largest absolute Gasteiger partial charge is 0.477 e. The molecular weight excluding hydrogens is 602 g/mol. The molecular formula is C25H29N9O7S2. The zero-order valence-electron chi connectivity index (χ0n) is 23.3. The van der Waals surface area contributed by atoms with Gasteiger partial charge >= 0.3 is 12.0 Å². The van der Waals surface area contributed by atoms with Crippen molar-refractivity contribution in [3.05, 3.63) is 47.2 Å². The van der Waals surface area contributed by atoms with E-state index in [4.69, 9.17) is 5.73 Å². The number of amides is 6. The molecule has 0 aliphatic carbocycles. The fraction of sp³-hybridized carbons (Fsp3) is 0.400. The molecule has 0 spiro atoms. The molecule has 3 atom stereocenters. The summed E-state index contributed by atoms with van der Waals surface area (Å²) in [5.74, 6) is -3.85. The number of carbonyl (C=O) groups is 6. The Labute approximate surface area is 253 Å². The van der Waals surface area contributed by atoms with Crippen molar-refractivity contribution < 1.29 is 33.9 Å². The first kappa shape index (κ1) is 31.5. The number of nitrogens with one attached hydrogen (secondary N) is 2. The summed E-state index contributed by atoms with van der Waals surface area (Å²) >= 11 is 2.35. The highest BCUT2D eigenvalue weighted by molar-refractivity contribution is 8.01. The number of carbonyl (C=O) groups excluding carboxylic acids is 5. The van der Waals surface area contributed by atoms with E-state index in [9.17, 15) is 33.9 Å². The van der Waals surface area contributed by atoms with E-state index in [0.717, 1.165) is 21.6 Å². The molecule has 6 amide bonds. The Morgan fingerprint density at radius 2 is 1.91 bits per heavy atom. The van der Waals surface area contributed by atoms with E-state index in [2.05, 4.69) is 26.2 Å². The van der Waals surface area contributed by atoms with Gasteiger partial charge in [0.15, 0.2) is 0 Å². The Bertz CT molecular complexity index is 1480. The van der Waals surface area contributed by atoms with Gasteiger partial charge in [0, 0.05) is 24.5 Å². The van der Waals surface area contributed by atoms with E-state index in [1.54, 1.807) is 44.2 Å². The van der Waals surface area contributed by atoms with Gasteiger partial charge in [-0.25, -0.2) is 14.3 Å². The summed E-state index contributed by atoms with van der Waals surface area (Å²) in [7, 11) is 1.30. The lowest BCUT2D eigenvalue weighted by Gasteiger charge is -2.49. The van der Waals surface area contributed by atoms with Crippen molar-refractivity contribution in [2.24, 2.45) is 11.7 Å². The van der Waals surface area contributed by atoms with Gasteiger partial charge in [0.2, 0.25) is 22.9 Å². The Balaban J connectivity index is 1.49. The van der Waals surface area contributed by atoms with Gasteiger partial charge in [-0.2, -0.15) is 0 Å². The number of nitrogens with two attached hydrogens (primary N) is 1. The maximum Gasteiger partial charge on any atom is 0.352 e. The Hall–Kier alpha value is -4.45. The second kappa shape index (κ2) is 13.2. The molecule has 5 N–H and O–H groups in total. The highest BCUT2D eigenvalue weighted by Gasteiger charge is 2.54. The van der Waals surface area contributed by atoms with E-state index < -0.39 is 59.0 Å². The minimum absolute atomic E-state index is 0.117. The van der Waals surface area contributed by atoms with Crippen molar-refractivity contribution in [2.45, 2.75) is 43.0 Å². The van der Waals surface area contributed by atoms with Crippen LogP contribution >= 0.6 is 23.5 Å². The maximum absolute atomic E-state index is 13.5. The van der Waals surface area contributed by atoms with Crippen LogP contribution in [-0.2, 0) is 30.5 Å². The monoisotopic (exact) mass is 631 g/mol. The number of hydrogen-bond acceptors (Lipinski definition) is 11. The number of urea groups is 1. The van der Waals surface area contributed by atoms with E-state index in [-0.39, 0.29) is 28.9 Å². The molecule has 0 bridgehead atoms. The van der Waals surface area contributed by atoms with Gasteiger partial charge < -0.3 is 21.5 Å². The summed E-state index contributed by atoms with van der Waals surface area (Å²) in [6.07, 6.45) is 0. The first-order valence-corrected chi connectivity index (χ1v) is 14.9. The van der Waals surface area contributed by atoms with Crippen molar-refractivity contribution in [1.29, 1.82) is 0 Å². The van der Waals surface area contributed by atoms with Crippen LogP contribution < -0.4 is 16.4 Å². The Morgan fingerprint density at radius 1 is 1.21 bits per heavy atom. The van der Waals surface area contributed by atoms with Crippen molar-refractivity contribution >= 4 is 59.2 Å². The van der Waals surface area contributed by atoms with Gasteiger partial charge in [-0.15, -0.1) is 16.9 Å². The molecule has 2 aromatic rings. The molecule has 16 nitrogen and oxygen atoms in total. The number of benzene rings is 1. The molecule has 2 aliphatic heterocycles. The minimum Gasteiger partial charge on any atom is -0.477 e. The summed E-state index contributed by atoms with van der Waals surface area (Å²) in [5, 5.41) is 25.7. The van der Waals surface area contributed by atoms with E-state index in [1.165, 1.54) is 23.5 Å². The lowest BCUT2D eigenvalue weighted by Crippen LogP contribution is -2.71. The Morgan fingerprint density at radius 3 is 2.53 bits per heavy atom. The van der Waals surface area contributed by atoms with Crippen LogP contribution in [0.2, 0.25) is 0 Å². The number of imide groups is 1. The zero-order valence-corrected chi connectivity index (χ0v) is 24.9. The smallest absolute Gasteiger partial charge is 0.352 e. The average Bonchev–Trinajstić information content (AvgIpc) is 3.42. The van der Waals surface area contributed by atoms with Crippen molar-refractivity contribution in [2.75, 3.05) is 18.6 Å². The second-order valence-corrected chi connectivity index (χ2v) is 11.9. The third kappa shape index (κ3) is 6.80. The topological polar surface area (TPSA) is 223 Å². The second-order valence-electron chi connectivity index (χ2n) is 9.87. The van der Waals surface area contributed by atoms with E-state index in [0.29, 0.717) is 11.1 Å². The molecule has 2 aliphatic rings. The summed E-state index contributed by atoms with van der Waals surface area (Å²) in [4.78, 5) is 77.3. The van der Waals surface area contributed by atoms with Gasteiger partial charge in [-0.05, 0) is 21.6 Å². The molecule has 4 rings (SSSR count). The Kier molecular flexibility index (Phi) is 9.70. The first-order valence-electron chi connectivity index (χ1n) is 12.9. The number of hydrogen-bond donors (Lipinski definition) is 4. The number of fused-ring (bicyclic) bond motifs is 1. The van der Waals surface area contributed by atoms with Gasteiger partial charge in [0.05, 0.1) is 0 Å². The fourth-order valence-corrected chi connectivity index (χ4v) is 6.74. The summed E-state index contributed by atoms with van der Waals surface area (Å²) in [5.41, 5.74) is 5.84. The third-order valence-corrected chi connectivity index (χ3v) is 8.90. The molecule has 2 unspecified atom stereocenters. The molecule has 3 heterocycles. The molecule has 18 heteroatoms. The summed E-state index contributed by atoms with van der Waals surface area (Å²) in [6.45, 7) is 3.03. The van der Waals surface area contributed by atoms with Crippen molar-refractivity contribution in [3.8, 4) is 0 Å². The number of carboxylic acid groups (broad SMARTS) is 1. The van der Waals surface area contributed by atoms with Crippen LogP contribution in [0.5, 0.6) is 0 Å². The molecule has 1 saturated heterocycles. The normalized spacial score (nSPS) is 18.4. The molecule has 0 radical (unpaired) electrons. The predicted octanol–water partition coefficient (Wildman–Crippen LogP) is -0.446. The van der Waals surface area contributed by atoms with Crippen LogP contribution in [-0.4, -0.2) is 101 Å². The lowest BCUT2D eigenvalue weighted by molar-refractivity contribution is -0.151. The van der Waals surface area contributed by atoms with Crippen LogP contribution in [0.3, 0.4) is 0 Å². The zero-order chi connectivity index (χ0) is 31.4. The minimum atomic E-state index is -1.32. The molecule has 228 valence electrons. The number of tetrazole rings is 1. The number of thioether (sulfide) groups is 2. The van der Waals surface area contributed by atoms with Crippen LogP contribution in [0.4, 0.5) is 4.79 Å². The fourth-order valence-electron chi connectivity index (χ4n) is 4.38. The molecule has 43 heavy (non-hydrogen) atoms. The van der Waals surface area contributed by atoms with Crippen molar-refractivity contribution in [3.63, 3.8) is 0 Å². The predicted molar refractivity (Wildman–Crippen MR) is 153 cm³/mol. The maximum atomic E-state index is 13.5. The molecule has 1 aromatic heterocycles. The SMILES string of the molecule is CC(C)C(=O)N(C)C(=O)NC(C(=O)NC1C(=O)N2C(C(=O)O)=C(CSc3nnnn3CC(N)=O)CS[C@@H]12)c1ccccc1. The van der Waals surface area contributed by atoms with Crippen LogP contribution in [0.15, 0.2) is 46.8 Å². The van der Waals surface area contributed by atoms with Crippen LogP contribution in [0.25, 0.3) is 0 Å². The molecule has 1 fully saturated rings. The van der Waals surface area contributed by atoms with Crippen LogP contribution in [0, 0.1) is 5.92 Å². The number of primary amides is 1. The number of β-lactam (4-membered cyclic amide) rings is 1. The van der Waals surface area contributed by atoms with Gasteiger partial charge in [0.25, 0.3) is 5.91 Å². The van der Waals surface area contributed by atoms with E-state index >= 15 is 0 Å². The quantitative estimate of drug-likeness (QED) is 0.183. The number of rotatable bonds is 11. The number of nitrogens with zero attached hydrogens (tertiary/aromatic N) is 6. The third-order valence-electron chi connectivity index (χ3n) is 6.52. The van der Waals surface area contributed by atoms with E-state index in [1.807, 2.05) is 0 Å². The number of aromatic nitrogens is 4. The number of carboxylic acids is 1. The lowest BCUT2D eigenvalue weighted by atomic mass is 10.0. The van der Waals surface area contributed by atoms with Gasteiger partial charge in [-0.1, -0.05) is 55.9 Å². The standard InChI is InChI=1S/C25H29N9O7S2/c1-12(2)20(37)32(3)24(41)28-16(13-7-5-4-6-8-13)19(36)27-17-21(38)34-18(23(39)40)14(10-42-22(17)34)11-43-25-29-30-31-33(25)9-15(26)35/h4-8,12,16-17,22H,9-11H2,1-3H3,(H2,26,35)(H,27,36)(H,28,41)(H,39,40)/t16?,17?,22-/m0/s1. The van der Waals surface area contributed by atoms with Crippen molar-refractivity contribution in [1.82, 2.24) is 40.6 Å². The highest BCUT2D eigenvalue weighted by Crippen LogP contribution is 2.41. The first-order chi connectivity index (χ1) is 20.4. The summed E-state index contributed by atoms with van der Waals surface area (Å²) in [6, 6.07) is 5.23. The summed E-state index contributed by atoms with van der Waals surface area (Å²) < 4.78 is 1.19. The number of aliphatic carboxylic acids is 1. The molecule has 0 saturated carbocycles. The van der Waals surface area contributed by atoms with Gasteiger partial charge in [0.1, 0.15) is 29.7 Å². The van der Waals surface area contributed by atoms with Crippen LogP contribution in [0.1, 0.15) is 25.5 Å². The van der Waals surface area contributed by atoms with Gasteiger partial charge in [-0.3, -0.25) is 29.0 Å². The average molecular weight is 632 g/mol. The highest BCUT2D eigenvalue weighted by atomic mass is 32.2. The molecule has 1 aromatic carbocycles.